The number of anilines is 1. The number of rotatable bonds is 13. The first kappa shape index (κ1) is 26.9. The van der Waals surface area contributed by atoms with Crippen molar-refractivity contribution in [2.24, 2.45) is 10.2 Å². The SMILES string of the molecule is CCOc1cccc(N=NC(C(C)=O)C(=O)Nc2ccc(Cl)c(OCC)c2OCC)c1OCC. The molecule has 2 aromatic carbocycles. The molecule has 0 spiro atoms. The van der Waals surface area contributed by atoms with Gasteiger partial charge in [-0.3, -0.25) is 9.59 Å². The molecule has 1 N–H and O–H groups in total. The largest absolute Gasteiger partial charge is 0.490 e. The summed E-state index contributed by atoms with van der Waals surface area (Å²) in [5, 5.41) is 11.2. The highest BCUT2D eigenvalue weighted by Gasteiger charge is 2.26. The van der Waals surface area contributed by atoms with Crippen LogP contribution in [0.2, 0.25) is 5.02 Å². The Kier molecular flexibility index (Phi) is 10.6. The maximum atomic E-state index is 13.0. The average molecular weight is 492 g/mol. The first-order chi connectivity index (χ1) is 16.4. The zero-order valence-corrected chi connectivity index (χ0v) is 20.8. The van der Waals surface area contributed by atoms with E-state index in [-0.39, 0.29) is 5.75 Å². The molecule has 0 heterocycles. The predicted octanol–water partition coefficient (Wildman–Crippen LogP) is 5.61. The number of azo groups is 1. The number of carbonyl (C=O) groups excluding carboxylic acids is 2. The lowest BCUT2D eigenvalue weighted by atomic mass is 10.2. The average Bonchev–Trinajstić information content (AvgIpc) is 2.80. The fourth-order valence-electron chi connectivity index (χ4n) is 2.98. The van der Waals surface area contributed by atoms with Gasteiger partial charge in [-0.1, -0.05) is 17.7 Å². The van der Waals surface area contributed by atoms with Gasteiger partial charge in [0.05, 0.1) is 37.1 Å². The van der Waals surface area contributed by atoms with Crippen molar-refractivity contribution >= 4 is 34.7 Å². The molecule has 0 radical (unpaired) electrons. The number of carbonyl (C=O) groups is 2. The van der Waals surface area contributed by atoms with Crippen molar-refractivity contribution in [3.05, 3.63) is 35.4 Å². The van der Waals surface area contributed by atoms with Crippen molar-refractivity contribution in [1.29, 1.82) is 0 Å². The topological polar surface area (TPSA) is 108 Å². The van der Waals surface area contributed by atoms with Crippen LogP contribution in [-0.4, -0.2) is 44.2 Å². The van der Waals surface area contributed by atoms with Crippen molar-refractivity contribution in [3.8, 4) is 23.0 Å². The lowest BCUT2D eigenvalue weighted by Gasteiger charge is -2.18. The van der Waals surface area contributed by atoms with Gasteiger partial charge in [0.1, 0.15) is 5.69 Å². The third-order valence-corrected chi connectivity index (χ3v) is 4.66. The Morgan fingerprint density at radius 3 is 2.12 bits per heavy atom. The van der Waals surface area contributed by atoms with Gasteiger partial charge in [0, 0.05) is 0 Å². The van der Waals surface area contributed by atoms with Gasteiger partial charge in [-0.15, -0.1) is 0 Å². The molecule has 1 atom stereocenters. The lowest BCUT2D eigenvalue weighted by molar-refractivity contribution is -0.126. The van der Waals surface area contributed by atoms with Crippen LogP contribution >= 0.6 is 11.6 Å². The zero-order valence-electron chi connectivity index (χ0n) is 20.0. The molecule has 10 heteroatoms. The van der Waals surface area contributed by atoms with E-state index in [9.17, 15) is 9.59 Å². The highest BCUT2D eigenvalue weighted by molar-refractivity contribution is 6.32. The summed E-state index contributed by atoms with van der Waals surface area (Å²) in [4.78, 5) is 25.3. The molecule has 184 valence electrons. The van der Waals surface area contributed by atoms with Crippen LogP contribution in [0.3, 0.4) is 0 Å². The molecule has 1 unspecified atom stereocenters. The van der Waals surface area contributed by atoms with E-state index in [1.165, 1.54) is 6.92 Å². The Bertz CT molecular complexity index is 1030. The van der Waals surface area contributed by atoms with Crippen molar-refractivity contribution in [2.75, 3.05) is 31.7 Å². The molecule has 0 saturated heterocycles. The van der Waals surface area contributed by atoms with Crippen molar-refractivity contribution < 1.29 is 28.5 Å². The summed E-state index contributed by atoms with van der Waals surface area (Å²) < 4.78 is 22.5. The van der Waals surface area contributed by atoms with E-state index in [4.69, 9.17) is 30.5 Å². The lowest BCUT2D eigenvalue weighted by Crippen LogP contribution is -2.32. The summed E-state index contributed by atoms with van der Waals surface area (Å²) in [6.45, 7) is 10.0. The number of halogens is 1. The second kappa shape index (κ2) is 13.4. The minimum Gasteiger partial charge on any atom is -0.490 e. The van der Waals surface area contributed by atoms with Gasteiger partial charge < -0.3 is 24.3 Å². The Morgan fingerprint density at radius 2 is 1.50 bits per heavy atom. The van der Waals surface area contributed by atoms with Crippen LogP contribution in [0, 0.1) is 0 Å². The number of hydrogen-bond donors (Lipinski definition) is 1. The van der Waals surface area contributed by atoms with Gasteiger partial charge in [-0.05, 0) is 58.9 Å². The number of benzene rings is 2. The summed E-state index contributed by atoms with van der Waals surface area (Å²) in [6, 6.07) is 6.87. The van der Waals surface area contributed by atoms with Gasteiger partial charge in [0.2, 0.25) is 6.04 Å². The molecule has 0 aromatic heterocycles. The van der Waals surface area contributed by atoms with Gasteiger partial charge in [-0.25, -0.2) is 0 Å². The standard InChI is InChI=1S/C24H30ClN3O6/c1-6-31-19-12-10-11-18(22(19)33-8-3)27-28-20(15(5)29)24(30)26-17-14-13-16(25)21(32-7-2)23(17)34-9-4/h10-14,20H,6-9H2,1-5H3,(H,26,30). The summed E-state index contributed by atoms with van der Waals surface area (Å²) >= 11 is 6.23. The van der Waals surface area contributed by atoms with E-state index < -0.39 is 17.7 Å². The maximum absolute atomic E-state index is 13.0. The predicted molar refractivity (Wildman–Crippen MR) is 130 cm³/mol. The van der Waals surface area contributed by atoms with E-state index in [1.54, 1.807) is 44.2 Å². The first-order valence-corrected chi connectivity index (χ1v) is 11.4. The minimum atomic E-state index is -1.40. The summed E-state index contributed by atoms with van der Waals surface area (Å²) in [7, 11) is 0. The molecule has 1 amide bonds. The van der Waals surface area contributed by atoms with Crippen molar-refractivity contribution in [2.45, 2.75) is 40.7 Å². The van der Waals surface area contributed by atoms with Crippen LogP contribution in [0.4, 0.5) is 11.4 Å². The van der Waals surface area contributed by atoms with Gasteiger partial charge in [-0.2, -0.15) is 10.2 Å². The van der Waals surface area contributed by atoms with E-state index >= 15 is 0 Å². The van der Waals surface area contributed by atoms with Gasteiger partial charge in [0.15, 0.2) is 28.8 Å². The fourth-order valence-corrected chi connectivity index (χ4v) is 3.19. The maximum Gasteiger partial charge on any atom is 0.258 e. The Morgan fingerprint density at radius 1 is 0.882 bits per heavy atom. The minimum absolute atomic E-state index is 0.271. The molecule has 0 saturated carbocycles. The van der Waals surface area contributed by atoms with E-state index in [2.05, 4.69) is 15.5 Å². The zero-order chi connectivity index (χ0) is 25.1. The summed E-state index contributed by atoms with van der Waals surface area (Å²) in [6.07, 6.45) is 0. The van der Waals surface area contributed by atoms with E-state index in [0.29, 0.717) is 60.1 Å². The monoisotopic (exact) mass is 491 g/mol. The molecule has 9 nitrogen and oxygen atoms in total. The Labute approximate surface area is 204 Å². The number of para-hydroxylation sites is 1. The van der Waals surface area contributed by atoms with E-state index in [1.807, 2.05) is 13.8 Å². The number of Topliss-reactive ketones (excluding diaryl/α,β-unsaturated/α-hetero) is 1. The molecule has 0 aliphatic rings. The molecule has 0 aliphatic heterocycles. The van der Waals surface area contributed by atoms with Crippen LogP contribution in [0.5, 0.6) is 23.0 Å². The highest BCUT2D eigenvalue weighted by Crippen LogP contribution is 2.42. The smallest absolute Gasteiger partial charge is 0.258 e. The van der Waals surface area contributed by atoms with Crippen molar-refractivity contribution in [1.82, 2.24) is 0 Å². The van der Waals surface area contributed by atoms with Crippen molar-refractivity contribution in [3.63, 3.8) is 0 Å². The molecular weight excluding hydrogens is 462 g/mol. The Balaban J connectivity index is 2.37. The van der Waals surface area contributed by atoms with Crippen LogP contribution in [0.25, 0.3) is 0 Å². The third kappa shape index (κ3) is 6.84. The fraction of sp³-hybridized carbons (Fsp3) is 0.417. The van der Waals surface area contributed by atoms with Crippen LogP contribution < -0.4 is 24.3 Å². The normalized spacial score (nSPS) is 11.7. The second-order valence-corrected chi connectivity index (χ2v) is 7.21. The number of nitrogens with zero attached hydrogens (tertiary/aromatic N) is 2. The molecule has 0 bridgehead atoms. The number of ketones is 1. The molecule has 2 aromatic rings. The molecule has 34 heavy (non-hydrogen) atoms. The molecule has 2 rings (SSSR count). The summed E-state index contributed by atoms with van der Waals surface area (Å²) in [5.74, 6) is 0.288. The second-order valence-electron chi connectivity index (χ2n) is 6.81. The number of hydrogen-bond acceptors (Lipinski definition) is 8. The van der Waals surface area contributed by atoms with Gasteiger partial charge >= 0.3 is 0 Å². The third-order valence-electron chi connectivity index (χ3n) is 4.36. The van der Waals surface area contributed by atoms with Gasteiger partial charge in [0.25, 0.3) is 5.91 Å². The number of nitrogens with one attached hydrogen (secondary N) is 1. The molecule has 0 fully saturated rings. The van der Waals surface area contributed by atoms with Crippen LogP contribution in [-0.2, 0) is 9.59 Å². The summed E-state index contributed by atoms with van der Waals surface area (Å²) in [5.41, 5.74) is 0.640. The number of amides is 1. The quantitative estimate of drug-likeness (QED) is 0.288. The number of ether oxygens (including phenoxy) is 4. The van der Waals surface area contributed by atoms with Crippen LogP contribution in [0.1, 0.15) is 34.6 Å². The highest BCUT2D eigenvalue weighted by atomic mass is 35.5. The first-order valence-electron chi connectivity index (χ1n) is 11.1. The Hall–Kier alpha value is -3.33. The van der Waals surface area contributed by atoms with E-state index in [0.717, 1.165) is 0 Å². The molecule has 0 aliphatic carbocycles. The molecular formula is C24H30ClN3O6. The van der Waals surface area contributed by atoms with Crippen LogP contribution in [0.15, 0.2) is 40.6 Å².